The van der Waals surface area contributed by atoms with Crippen molar-refractivity contribution in [2.75, 3.05) is 19.6 Å². The Labute approximate surface area is 122 Å². The third-order valence-corrected chi connectivity index (χ3v) is 3.69. The predicted octanol–water partition coefficient (Wildman–Crippen LogP) is 3.04. The van der Waals surface area contributed by atoms with Crippen LogP contribution >= 0.6 is 15.9 Å². The van der Waals surface area contributed by atoms with E-state index in [1.807, 2.05) is 20.8 Å². The molecule has 0 fully saturated rings. The van der Waals surface area contributed by atoms with E-state index in [1.54, 1.807) is 11.0 Å². The van der Waals surface area contributed by atoms with E-state index in [9.17, 15) is 9.18 Å². The van der Waals surface area contributed by atoms with Gasteiger partial charge in [0, 0.05) is 17.6 Å². The molecule has 0 aliphatic carbocycles. The minimum Gasteiger partial charge on any atom is -0.338 e. The second kappa shape index (κ2) is 6.48. The highest BCUT2D eigenvalue weighted by Gasteiger charge is 2.24. The van der Waals surface area contributed by atoms with E-state index in [4.69, 9.17) is 5.73 Å². The van der Waals surface area contributed by atoms with Crippen LogP contribution in [0.3, 0.4) is 0 Å². The van der Waals surface area contributed by atoms with Gasteiger partial charge in [0.25, 0.3) is 5.91 Å². The van der Waals surface area contributed by atoms with E-state index in [-0.39, 0.29) is 11.3 Å². The van der Waals surface area contributed by atoms with Crippen molar-refractivity contribution in [3.05, 3.63) is 34.1 Å². The van der Waals surface area contributed by atoms with Crippen molar-refractivity contribution in [2.45, 2.75) is 20.8 Å². The molecule has 0 atom stereocenters. The maximum Gasteiger partial charge on any atom is 0.255 e. The molecule has 5 heteroatoms. The lowest BCUT2D eigenvalue weighted by Crippen LogP contribution is -2.42. The molecule has 0 saturated carbocycles. The molecule has 1 aromatic carbocycles. The number of amides is 1. The summed E-state index contributed by atoms with van der Waals surface area (Å²) in [4.78, 5) is 14.1. The van der Waals surface area contributed by atoms with E-state index in [0.29, 0.717) is 29.7 Å². The Bertz CT molecular complexity index is 463. The first kappa shape index (κ1) is 16.1. The van der Waals surface area contributed by atoms with Gasteiger partial charge < -0.3 is 10.6 Å². The molecule has 106 valence electrons. The average Bonchev–Trinajstić information content (AvgIpc) is 2.38. The van der Waals surface area contributed by atoms with E-state index in [0.717, 1.165) is 0 Å². The molecule has 3 nitrogen and oxygen atoms in total. The van der Waals surface area contributed by atoms with Crippen molar-refractivity contribution >= 4 is 21.8 Å². The lowest BCUT2D eigenvalue weighted by atomic mass is 9.93. The molecule has 0 unspecified atom stereocenters. The van der Waals surface area contributed by atoms with Crippen LogP contribution in [0.4, 0.5) is 4.39 Å². The number of rotatable bonds is 5. The van der Waals surface area contributed by atoms with Crippen LogP contribution in [0.5, 0.6) is 0 Å². The minimum atomic E-state index is -0.416. The molecule has 0 aromatic heterocycles. The second-order valence-corrected chi connectivity index (χ2v) is 6.17. The van der Waals surface area contributed by atoms with Crippen LogP contribution in [0.1, 0.15) is 31.1 Å². The molecule has 0 heterocycles. The molecule has 1 aromatic rings. The van der Waals surface area contributed by atoms with Crippen LogP contribution in [0, 0.1) is 11.2 Å². The number of nitrogens with zero attached hydrogens (tertiary/aromatic N) is 1. The molecule has 0 saturated heterocycles. The Balaban J connectivity index is 2.99. The van der Waals surface area contributed by atoms with Crippen molar-refractivity contribution < 1.29 is 9.18 Å². The summed E-state index contributed by atoms with van der Waals surface area (Å²) in [5, 5.41) is 0. The lowest BCUT2D eigenvalue weighted by Gasteiger charge is -2.31. The Morgan fingerprint density at radius 1 is 1.47 bits per heavy atom. The summed E-state index contributed by atoms with van der Waals surface area (Å²) in [6.45, 7) is 7.50. The number of halogens is 2. The van der Waals surface area contributed by atoms with Crippen LogP contribution in [0.2, 0.25) is 0 Å². The van der Waals surface area contributed by atoms with Crippen LogP contribution in [-0.2, 0) is 0 Å². The monoisotopic (exact) mass is 330 g/mol. The van der Waals surface area contributed by atoms with E-state index < -0.39 is 5.82 Å². The van der Waals surface area contributed by atoms with Gasteiger partial charge in [-0.15, -0.1) is 0 Å². The van der Waals surface area contributed by atoms with E-state index in [1.165, 1.54) is 12.1 Å². The molecular weight excluding hydrogens is 311 g/mol. The van der Waals surface area contributed by atoms with Gasteiger partial charge in [0.2, 0.25) is 0 Å². The number of nitrogens with two attached hydrogens (primary N) is 1. The van der Waals surface area contributed by atoms with Crippen molar-refractivity contribution in [3.63, 3.8) is 0 Å². The van der Waals surface area contributed by atoms with Gasteiger partial charge in [0.05, 0.1) is 5.56 Å². The summed E-state index contributed by atoms with van der Waals surface area (Å²) in [5.41, 5.74) is 5.88. The molecule has 0 bridgehead atoms. The Hall–Kier alpha value is -0.940. The van der Waals surface area contributed by atoms with Crippen molar-refractivity contribution in [1.29, 1.82) is 0 Å². The molecule has 0 spiro atoms. The predicted molar refractivity (Wildman–Crippen MR) is 78.5 cm³/mol. The quantitative estimate of drug-likeness (QED) is 0.901. The average molecular weight is 331 g/mol. The summed E-state index contributed by atoms with van der Waals surface area (Å²) in [6.07, 6.45) is 0. The fourth-order valence-corrected chi connectivity index (χ4v) is 2.16. The topological polar surface area (TPSA) is 46.3 Å². The summed E-state index contributed by atoms with van der Waals surface area (Å²) in [7, 11) is 0. The highest BCUT2D eigenvalue weighted by molar-refractivity contribution is 9.10. The van der Waals surface area contributed by atoms with Crippen LogP contribution in [0.25, 0.3) is 0 Å². The highest BCUT2D eigenvalue weighted by Crippen LogP contribution is 2.22. The van der Waals surface area contributed by atoms with Crippen molar-refractivity contribution in [1.82, 2.24) is 4.90 Å². The van der Waals surface area contributed by atoms with E-state index in [2.05, 4.69) is 15.9 Å². The molecule has 0 aliphatic rings. The summed E-state index contributed by atoms with van der Waals surface area (Å²) >= 11 is 3.29. The molecular formula is C14H20BrFN2O. The third kappa shape index (κ3) is 4.28. The van der Waals surface area contributed by atoms with Gasteiger partial charge in [-0.25, -0.2) is 4.39 Å². The van der Waals surface area contributed by atoms with Gasteiger partial charge in [-0.3, -0.25) is 4.79 Å². The standard InChI is InChI=1S/C14H20BrFN2O/c1-4-18(9-14(2,3)8-17)13(19)11-7-10(16)5-6-12(11)15/h5-7H,4,8-9,17H2,1-3H3. The van der Waals surface area contributed by atoms with Gasteiger partial charge in [0.1, 0.15) is 5.82 Å². The zero-order valence-electron chi connectivity index (χ0n) is 11.5. The zero-order valence-corrected chi connectivity index (χ0v) is 13.1. The molecule has 1 amide bonds. The zero-order chi connectivity index (χ0) is 14.6. The van der Waals surface area contributed by atoms with Gasteiger partial charge >= 0.3 is 0 Å². The van der Waals surface area contributed by atoms with Crippen LogP contribution < -0.4 is 5.73 Å². The fourth-order valence-electron chi connectivity index (χ4n) is 1.74. The molecule has 2 N–H and O–H groups in total. The molecule has 0 radical (unpaired) electrons. The summed E-state index contributed by atoms with van der Waals surface area (Å²) in [5.74, 6) is -0.601. The summed E-state index contributed by atoms with van der Waals surface area (Å²) in [6, 6.07) is 4.12. The Morgan fingerprint density at radius 3 is 2.63 bits per heavy atom. The SMILES string of the molecule is CCN(CC(C)(C)CN)C(=O)c1cc(F)ccc1Br. The van der Waals surface area contributed by atoms with Gasteiger partial charge in [-0.1, -0.05) is 13.8 Å². The largest absolute Gasteiger partial charge is 0.338 e. The Morgan fingerprint density at radius 2 is 2.11 bits per heavy atom. The smallest absolute Gasteiger partial charge is 0.255 e. The molecule has 1 rings (SSSR count). The second-order valence-electron chi connectivity index (χ2n) is 5.31. The van der Waals surface area contributed by atoms with Crippen LogP contribution in [-0.4, -0.2) is 30.4 Å². The third-order valence-electron chi connectivity index (χ3n) is 3.00. The number of carbonyl (C=O) groups excluding carboxylic acids is 1. The number of hydrogen-bond acceptors (Lipinski definition) is 2. The highest BCUT2D eigenvalue weighted by atomic mass is 79.9. The first-order valence-electron chi connectivity index (χ1n) is 6.25. The minimum absolute atomic E-state index is 0.161. The van der Waals surface area contributed by atoms with Gasteiger partial charge in [-0.05, 0) is 53.0 Å². The maximum absolute atomic E-state index is 13.3. The number of carbonyl (C=O) groups is 1. The summed E-state index contributed by atoms with van der Waals surface area (Å²) < 4.78 is 13.9. The number of benzene rings is 1. The van der Waals surface area contributed by atoms with Crippen LogP contribution in [0.15, 0.2) is 22.7 Å². The first-order valence-corrected chi connectivity index (χ1v) is 7.04. The number of hydrogen-bond donors (Lipinski definition) is 1. The molecule has 0 aliphatic heterocycles. The van der Waals surface area contributed by atoms with E-state index >= 15 is 0 Å². The first-order chi connectivity index (χ1) is 8.80. The molecule has 19 heavy (non-hydrogen) atoms. The van der Waals surface area contributed by atoms with Crippen molar-refractivity contribution in [2.24, 2.45) is 11.1 Å². The van der Waals surface area contributed by atoms with Gasteiger partial charge in [-0.2, -0.15) is 0 Å². The fraction of sp³-hybridized carbons (Fsp3) is 0.500. The van der Waals surface area contributed by atoms with Gasteiger partial charge in [0.15, 0.2) is 0 Å². The maximum atomic E-state index is 13.3. The Kier molecular flexibility index (Phi) is 5.50. The van der Waals surface area contributed by atoms with Crippen molar-refractivity contribution in [3.8, 4) is 0 Å². The normalized spacial score (nSPS) is 11.5. The lowest BCUT2D eigenvalue weighted by molar-refractivity contribution is 0.0699.